The summed E-state index contributed by atoms with van der Waals surface area (Å²) in [7, 11) is 0. The Bertz CT molecular complexity index is 741. The number of aliphatic hydroxyl groups is 4. The number of carbonyl (C=O) groups is 1. The molecule has 2 aromatic rings. The molecule has 5 N–H and O–H groups in total. The van der Waals surface area contributed by atoms with Gasteiger partial charge in [0.25, 0.3) is 0 Å². The van der Waals surface area contributed by atoms with Crippen LogP contribution in [0.4, 0.5) is 0 Å². The lowest BCUT2D eigenvalue weighted by molar-refractivity contribution is -0.250. The third-order valence-electron chi connectivity index (χ3n) is 4.31. The molecular weight excluding hydrogens is 318 g/mol. The van der Waals surface area contributed by atoms with Crippen LogP contribution < -0.4 is 0 Å². The Kier molecular flexibility index (Phi) is 4.57. The van der Waals surface area contributed by atoms with Crippen LogP contribution in [0.5, 0.6) is 0 Å². The van der Waals surface area contributed by atoms with E-state index in [2.05, 4.69) is 0 Å². The van der Waals surface area contributed by atoms with Crippen LogP contribution in [0.3, 0.4) is 0 Å². The molecule has 2 heterocycles. The Labute approximate surface area is 137 Å². The first-order chi connectivity index (χ1) is 11.4. The fraction of sp³-hybridized carbons (Fsp3) is 0.438. The van der Waals surface area contributed by atoms with E-state index in [0.717, 1.165) is 0 Å². The highest BCUT2D eigenvalue weighted by molar-refractivity contribution is 5.87. The van der Waals surface area contributed by atoms with Crippen LogP contribution in [0, 0.1) is 0 Å². The van der Waals surface area contributed by atoms with Gasteiger partial charge in [0.1, 0.15) is 24.4 Å². The highest BCUT2D eigenvalue weighted by atomic mass is 16.6. The van der Waals surface area contributed by atoms with E-state index >= 15 is 0 Å². The van der Waals surface area contributed by atoms with E-state index in [0.29, 0.717) is 16.5 Å². The number of hydrogen-bond acceptors (Lipinski definition) is 6. The summed E-state index contributed by atoms with van der Waals surface area (Å²) in [6.07, 6.45) is -5.12. The summed E-state index contributed by atoms with van der Waals surface area (Å²) >= 11 is 0. The van der Waals surface area contributed by atoms with E-state index in [1.807, 2.05) is 0 Å². The summed E-state index contributed by atoms with van der Waals surface area (Å²) in [4.78, 5) is 11.1. The lowest BCUT2D eigenvalue weighted by atomic mass is 9.98. The van der Waals surface area contributed by atoms with Crippen molar-refractivity contribution >= 4 is 16.9 Å². The topological polar surface area (TPSA) is 132 Å². The molecule has 0 spiro atoms. The summed E-state index contributed by atoms with van der Waals surface area (Å²) in [5.41, 5.74) is 1.16. The highest BCUT2D eigenvalue weighted by Gasteiger charge is 2.44. The molecule has 1 fully saturated rings. The number of fused-ring (bicyclic) bond motifs is 1. The van der Waals surface area contributed by atoms with Crippen LogP contribution in [0.15, 0.2) is 30.5 Å². The number of carboxylic acids is 1. The van der Waals surface area contributed by atoms with Crippen molar-refractivity contribution in [2.75, 3.05) is 6.61 Å². The molecule has 3 rings (SSSR count). The van der Waals surface area contributed by atoms with Crippen molar-refractivity contribution in [2.24, 2.45) is 0 Å². The number of benzene rings is 1. The summed E-state index contributed by atoms with van der Waals surface area (Å²) in [5.74, 6) is -0.994. The Hall–Kier alpha value is -1.97. The van der Waals surface area contributed by atoms with Gasteiger partial charge in [-0.05, 0) is 11.6 Å². The van der Waals surface area contributed by atoms with Crippen LogP contribution in [0.25, 0.3) is 10.9 Å². The largest absolute Gasteiger partial charge is 0.481 e. The number of hydrogen-bond donors (Lipinski definition) is 5. The van der Waals surface area contributed by atoms with E-state index in [9.17, 15) is 25.2 Å². The predicted molar refractivity (Wildman–Crippen MR) is 82.3 cm³/mol. The third-order valence-corrected chi connectivity index (χ3v) is 4.31. The monoisotopic (exact) mass is 337 g/mol. The Balaban J connectivity index is 2.06. The molecule has 130 valence electrons. The number of aliphatic carboxylic acids is 1. The smallest absolute Gasteiger partial charge is 0.307 e. The summed E-state index contributed by atoms with van der Waals surface area (Å²) in [5, 5.41) is 49.2. The van der Waals surface area contributed by atoms with Crippen molar-refractivity contribution in [1.82, 2.24) is 4.57 Å². The fourth-order valence-corrected chi connectivity index (χ4v) is 3.10. The van der Waals surface area contributed by atoms with Crippen LogP contribution in [0.2, 0.25) is 0 Å². The maximum absolute atomic E-state index is 11.1. The van der Waals surface area contributed by atoms with Crippen LogP contribution in [-0.4, -0.2) is 67.1 Å². The molecule has 0 unspecified atom stereocenters. The first-order valence-corrected chi connectivity index (χ1v) is 7.54. The van der Waals surface area contributed by atoms with Crippen LogP contribution in [0.1, 0.15) is 11.8 Å². The van der Waals surface area contributed by atoms with Gasteiger partial charge in [0.2, 0.25) is 0 Å². The van der Waals surface area contributed by atoms with Gasteiger partial charge in [0.15, 0.2) is 6.23 Å². The second-order valence-electron chi connectivity index (χ2n) is 5.87. The Morgan fingerprint density at radius 3 is 2.50 bits per heavy atom. The SMILES string of the molecule is O=C(O)Cc1cn([C@@H]2O[C@H](CO)[C@@H](O)[C@H](O)[C@H]2O)c2ccccc12. The minimum Gasteiger partial charge on any atom is -0.481 e. The van der Waals surface area contributed by atoms with Gasteiger partial charge in [-0.2, -0.15) is 0 Å². The van der Waals surface area contributed by atoms with Gasteiger partial charge in [-0.1, -0.05) is 18.2 Å². The average molecular weight is 337 g/mol. The van der Waals surface area contributed by atoms with Crippen molar-refractivity contribution < 1.29 is 35.1 Å². The second kappa shape index (κ2) is 6.50. The Morgan fingerprint density at radius 1 is 1.12 bits per heavy atom. The molecule has 1 aromatic carbocycles. The van der Waals surface area contributed by atoms with Crippen molar-refractivity contribution in [1.29, 1.82) is 0 Å². The quantitative estimate of drug-likeness (QED) is 0.495. The Morgan fingerprint density at radius 2 is 1.83 bits per heavy atom. The molecule has 0 saturated carbocycles. The van der Waals surface area contributed by atoms with E-state index in [1.54, 1.807) is 30.5 Å². The molecule has 8 heteroatoms. The molecule has 24 heavy (non-hydrogen) atoms. The number of ether oxygens (including phenoxy) is 1. The fourth-order valence-electron chi connectivity index (χ4n) is 3.10. The van der Waals surface area contributed by atoms with Gasteiger partial charge in [-0.25, -0.2) is 0 Å². The molecule has 0 aliphatic carbocycles. The number of aromatic nitrogens is 1. The number of para-hydroxylation sites is 1. The molecule has 1 aliphatic rings. The molecule has 0 amide bonds. The predicted octanol–water partition coefficient (Wildman–Crippen LogP) is -0.759. The summed E-state index contributed by atoms with van der Waals surface area (Å²) in [6.45, 7) is -0.525. The highest BCUT2D eigenvalue weighted by Crippen LogP contribution is 2.33. The maximum Gasteiger partial charge on any atom is 0.307 e. The maximum atomic E-state index is 11.1. The van der Waals surface area contributed by atoms with Gasteiger partial charge in [0, 0.05) is 11.6 Å². The van der Waals surface area contributed by atoms with Gasteiger partial charge < -0.3 is 34.8 Å². The number of aliphatic hydroxyl groups excluding tert-OH is 4. The van der Waals surface area contributed by atoms with E-state index < -0.39 is 43.2 Å². The minimum absolute atomic E-state index is 0.203. The second-order valence-corrected chi connectivity index (χ2v) is 5.87. The van der Waals surface area contributed by atoms with Crippen molar-refractivity contribution in [3.05, 3.63) is 36.0 Å². The normalized spacial score (nSPS) is 30.6. The van der Waals surface area contributed by atoms with Crippen LogP contribution >= 0.6 is 0 Å². The van der Waals surface area contributed by atoms with E-state index in [4.69, 9.17) is 9.84 Å². The summed E-state index contributed by atoms with van der Waals surface area (Å²) in [6, 6.07) is 7.02. The zero-order valence-electron chi connectivity index (χ0n) is 12.7. The third kappa shape index (κ3) is 2.79. The lowest BCUT2D eigenvalue weighted by Crippen LogP contribution is -2.56. The van der Waals surface area contributed by atoms with Crippen molar-refractivity contribution in [2.45, 2.75) is 37.1 Å². The zero-order chi connectivity index (χ0) is 17.4. The van der Waals surface area contributed by atoms with Crippen molar-refractivity contribution in [3.63, 3.8) is 0 Å². The van der Waals surface area contributed by atoms with Gasteiger partial charge in [-0.15, -0.1) is 0 Å². The average Bonchev–Trinajstić information content (AvgIpc) is 2.91. The van der Waals surface area contributed by atoms with Gasteiger partial charge in [0.05, 0.1) is 18.5 Å². The molecule has 1 aromatic heterocycles. The molecule has 1 saturated heterocycles. The van der Waals surface area contributed by atoms with E-state index in [1.165, 1.54) is 4.57 Å². The standard InChI is InChI=1S/C16H19NO7/c18-7-11-13(21)14(22)15(23)16(24-11)17-6-8(5-12(19)20)9-3-1-2-4-10(9)17/h1-4,6,11,13-16,18,21-23H,5,7H2,(H,19,20)/t11-,13-,14+,15-,16-/m1/s1. The number of rotatable bonds is 4. The van der Waals surface area contributed by atoms with Crippen molar-refractivity contribution in [3.8, 4) is 0 Å². The molecule has 1 aliphatic heterocycles. The molecule has 8 nitrogen and oxygen atoms in total. The number of nitrogens with zero attached hydrogens (tertiary/aromatic N) is 1. The summed E-state index contributed by atoms with van der Waals surface area (Å²) < 4.78 is 7.07. The zero-order valence-corrected chi connectivity index (χ0v) is 12.7. The van der Waals surface area contributed by atoms with Gasteiger partial charge >= 0.3 is 5.97 Å². The molecule has 5 atom stereocenters. The van der Waals surface area contributed by atoms with E-state index in [-0.39, 0.29) is 6.42 Å². The molecular formula is C16H19NO7. The molecule has 0 radical (unpaired) electrons. The lowest BCUT2D eigenvalue weighted by Gasteiger charge is -2.40. The van der Waals surface area contributed by atoms with Crippen LogP contribution in [-0.2, 0) is 16.0 Å². The van der Waals surface area contributed by atoms with Gasteiger partial charge in [-0.3, -0.25) is 4.79 Å². The first kappa shape index (κ1) is 16.9. The molecule has 0 bridgehead atoms. The minimum atomic E-state index is -1.50. The number of carboxylic acid groups (broad SMARTS) is 1. The first-order valence-electron chi connectivity index (χ1n) is 7.54.